The van der Waals surface area contributed by atoms with Crippen molar-refractivity contribution in [1.29, 1.82) is 0 Å². The monoisotopic (exact) mass is 516 g/mol. The maximum absolute atomic E-state index is 2.73. The Bertz CT molecular complexity index is 948. The van der Waals surface area contributed by atoms with E-state index in [2.05, 4.69) is 121 Å². The summed E-state index contributed by atoms with van der Waals surface area (Å²) in [6.45, 7) is 13.5. The van der Waals surface area contributed by atoms with E-state index in [0.717, 1.165) is 0 Å². The Hall–Kier alpha value is -2.20. The van der Waals surface area contributed by atoms with Crippen LogP contribution in [0.3, 0.4) is 0 Å². The maximum atomic E-state index is 2.73. The molecule has 0 N–H and O–H groups in total. The van der Waals surface area contributed by atoms with Crippen molar-refractivity contribution >= 4 is 33.1 Å². The average molecular weight is 515 g/mol. The van der Waals surface area contributed by atoms with Gasteiger partial charge in [-0.1, -0.05) is 0 Å². The van der Waals surface area contributed by atoms with Crippen LogP contribution in [0.15, 0.2) is 72.9 Å². The normalized spacial score (nSPS) is 15.4. The standard InChI is InChI=1S/2C14H16N.Sn/c2*1-10-8-11(2)14(12(3)9-10)15-13-6-4-5-7-13;/h2*4-9,13H,1-3H3;/q2*-1;+2. The van der Waals surface area contributed by atoms with Crippen molar-refractivity contribution < 1.29 is 0 Å². The second-order valence-electron chi connectivity index (χ2n) is 8.86. The Morgan fingerprint density at radius 2 is 0.806 bits per heavy atom. The van der Waals surface area contributed by atoms with Gasteiger partial charge in [-0.25, -0.2) is 0 Å². The van der Waals surface area contributed by atoms with Crippen molar-refractivity contribution in [3.8, 4) is 0 Å². The SMILES string of the molecule is Cc1cc(C)c([N]([Sn][N](c2c(C)cc(C)cc2C)C2C=CC=C2)C2C=CC=C2)c(C)c1. The number of hydrogen-bond donors (Lipinski definition) is 0. The summed E-state index contributed by atoms with van der Waals surface area (Å²) in [7, 11) is 0. The van der Waals surface area contributed by atoms with E-state index in [1.807, 2.05) is 0 Å². The van der Waals surface area contributed by atoms with Gasteiger partial charge in [0.25, 0.3) is 0 Å². The van der Waals surface area contributed by atoms with Crippen LogP contribution in [0.25, 0.3) is 0 Å². The van der Waals surface area contributed by atoms with Crippen LogP contribution < -0.4 is 6.24 Å². The molecule has 3 heteroatoms. The zero-order valence-electron chi connectivity index (χ0n) is 19.5. The molecule has 0 fully saturated rings. The average Bonchev–Trinajstić information content (AvgIpc) is 3.38. The van der Waals surface area contributed by atoms with E-state index in [-0.39, 0.29) is 0 Å². The summed E-state index contributed by atoms with van der Waals surface area (Å²) in [4.78, 5) is 0. The predicted octanol–water partition coefficient (Wildman–Crippen LogP) is 6.37. The summed E-state index contributed by atoms with van der Waals surface area (Å²) in [5, 5.41) is 0. The molecule has 0 amide bonds. The second kappa shape index (κ2) is 9.12. The summed E-state index contributed by atoms with van der Waals surface area (Å²) >= 11 is -1.24. The van der Waals surface area contributed by atoms with Gasteiger partial charge in [-0.3, -0.25) is 0 Å². The first-order chi connectivity index (χ1) is 14.8. The van der Waals surface area contributed by atoms with Crippen molar-refractivity contribution in [2.45, 2.75) is 53.6 Å². The molecule has 31 heavy (non-hydrogen) atoms. The fourth-order valence-corrected chi connectivity index (χ4v) is 9.93. The van der Waals surface area contributed by atoms with Gasteiger partial charge in [0.1, 0.15) is 0 Å². The number of aryl methyl sites for hydroxylation is 6. The molecule has 0 unspecified atom stereocenters. The molecule has 0 spiro atoms. The number of anilines is 2. The van der Waals surface area contributed by atoms with Gasteiger partial charge in [0.2, 0.25) is 0 Å². The van der Waals surface area contributed by atoms with Gasteiger partial charge in [0, 0.05) is 0 Å². The van der Waals surface area contributed by atoms with Gasteiger partial charge in [-0.2, -0.15) is 0 Å². The zero-order valence-corrected chi connectivity index (χ0v) is 22.3. The van der Waals surface area contributed by atoms with Crippen molar-refractivity contribution in [2.75, 3.05) is 6.24 Å². The molecule has 2 aliphatic carbocycles. The third-order valence-corrected chi connectivity index (χ3v) is 10.2. The van der Waals surface area contributed by atoms with Crippen molar-refractivity contribution in [1.82, 2.24) is 0 Å². The molecule has 0 heterocycles. The van der Waals surface area contributed by atoms with E-state index in [0.29, 0.717) is 12.1 Å². The third-order valence-electron chi connectivity index (χ3n) is 6.02. The number of rotatable bonds is 6. The molecular weight excluding hydrogens is 483 g/mol. The van der Waals surface area contributed by atoms with Crippen LogP contribution in [-0.4, -0.2) is 33.8 Å². The van der Waals surface area contributed by atoms with Crippen molar-refractivity contribution in [3.05, 3.63) is 106 Å². The molecule has 4 rings (SSSR count). The Labute approximate surface area is 198 Å². The summed E-state index contributed by atoms with van der Waals surface area (Å²) in [5.41, 5.74) is 11.0. The van der Waals surface area contributed by atoms with Gasteiger partial charge in [-0.05, 0) is 0 Å². The zero-order chi connectivity index (χ0) is 22.1. The van der Waals surface area contributed by atoms with Gasteiger partial charge < -0.3 is 0 Å². The van der Waals surface area contributed by atoms with Crippen molar-refractivity contribution in [3.63, 3.8) is 0 Å². The Morgan fingerprint density at radius 1 is 0.516 bits per heavy atom. The first-order valence-corrected chi connectivity index (χ1v) is 13.6. The topological polar surface area (TPSA) is 6.48 Å². The first kappa shape index (κ1) is 22.0. The molecular formula is C28H32N2Sn. The van der Waals surface area contributed by atoms with Gasteiger partial charge >= 0.3 is 199 Å². The Balaban J connectivity index is 1.83. The molecule has 0 saturated heterocycles. The summed E-state index contributed by atoms with van der Waals surface area (Å²) in [6, 6.07) is 9.99. The van der Waals surface area contributed by atoms with E-state index in [1.165, 1.54) is 44.8 Å². The predicted molar refractivity (Wildman–Crippen MR) is 136 cm³/mol. The summed E-state index contributed by atoms with van der Waals surface area (Å²) in [5.74, 6) is 0. The number of hydrogen-bond acceptors (Lipinski definition) is 2. The molecule has 2 nitrogen and oxygen atoms in total. The van der Waals surface area contributed by atoms with Crippen LogP contribution in [0.4, 0.5) is 11.4 Å². The molecule has 0 atom stereocenters. The molecule has 0 aliphatic heterocycles. The number of benzene rings is 2. The quantitative estimate of drug-likeness (QED) is 0.413. The first-order valence-electron chi connectivity index (χ1n) is 11.1. The molecule has 158 valence electrons. The van der Waals surface area contributed by atoms with Gasteiger partial charge in [0.05, 0.1) is 0 Å². The fraction of sp³-hybridized carbons (Fsp3) is 0.286. The van der Waals surface area contributed by atoms with E-state index >= 15 is 0 Å². The number of allylic oxidation sites excluding steroid dienone is 4. The molecule has 2 aliphatic rings. The molecule has 0 bridgehead atoms. The summed E-state index contributed by atoms with van der Waals surface area (Å²) < 4.78 is 5.46. The van der Waals surface area contributed by atoms with E-state index in [9.17, 15) is 0 Å². The van der Waals surface area contributed by atoms with Crippen LogP contribution >= 0.6 is 0 Å². The molecule has 0 saturated carbocycles. The molecule has 0 aromatic heterocycles. The van der Waals surface area contributed by atoms with Crippen molar-refractivity contribution in [2.24, 2.45) is 0 Å². The van der Waals surface area contributed by atoms with Crippen LogP contribution in [0, 0.1) is 41.5 Å². The fourth-order valence-electron chi connectivity index (χ4n) is 4.94. The molecule has 2 aromatic carbocycles. The Kier molecular flexibility index (Phi) is 6.47. The van der Waals surface area contributed by atoms with Crippen LogP contribution in [0.1, 0.15) is 33.4 Å². The number of nitrogens with zero attached hydrogens (tertiary/aromatic N) is 2. The van der Waals surface area contributed by atoms with Gasteiger partial charge in [0.15, 0.2) is 0 Å². The van der Waals surface area contributed by atoms with E-state index < -0.39 is 21.7 Å². The van der Waals surface area contributed by atoms with Crippen LogP contribution in [0.2, 0.25) is 0 Å². The summed E-state index contributed by atoms with van der Waals surface area (Å²) in [6.07, 6.45) is 18.1. The molecule has 2 radical (unpaired) electrons. The minimum atomic E-state index is -1.24. The molecule has 2 aromatic rings. The van der Waals surface area contributed by atoms with Gasteiger partial charge in [-0.15, -0.1) is 0 Å². The van der Waals surface area contributed by atoms with E-state index in [4.69, 9.17) is 0 Å². The van der Waals surface area contributed by atoms with Crippen LogP contribution in [0.5, 0.6) is 0 Å². The third kappa shape index (κ3) is 4.55. The van der Waals surface area contributed by atoms with E-state index in [1.54, 1.807) is 0 Å². The Morgan fingerprint density at radius 3 is 1.10 bits per heavy atom. The minimum absolute atomic E-state index is 0.328. The van der Waals surface area contributed by atoms with Crippen LogP contribution in [-0.2, 0) is 0 Å². The second-order valence-corrected chi connectivity index (χ2v) is 12.2.